The van der Waals surface area contributed by atoms with Crippen LogP contribution in [0, 0.1) is 47.3 Å². The first-order chi connectivity index (χ1) is 27.8. The Bertz CT molecular complexity index is 2030. The van der Waals surface area contributed by atoms with E-state index in [9.17, 15) is 28.8 Å². The molecule has 5 aliphatic rings. The second-order valence-electron chi connectivity index (χ2n) is 22.1. The molecule has 60 heavy (non-hydrogen) atoms. The number of hydrogen-bond donors (Lipinski definition) is 1. The molecule has 0 bridgehead atoms. The molecule has 2 aromatic carbocycles. The molecule has 10 nitrogen and oxygen atoms in total. The molecule has 1 aliphatic carbocycles. The SMILES string of the molecule is CN1C(=O)C(CC(C)(c2ccccc2)C2CC(=O)N(C3CC(C)(C)NC(C)(C)C3)C2=O)C(C(C)(CC2[CH]C(=O)N(C3CC(C)(C)[CH]C(C)(C)C3)C2=O)c2ccccc2)C1=O. The second kappa shape index (κ2) is 15.0. The lowest BCUT2D eigenvalue weighted by atomic mass is 9.58. The fourth-order valence-corrected chi connectivity index (χ4v) is 13.0. The van der Waals surface area contributed by atoms with E-state index in [4.69, 9.17) is 0 Å². The van der Waals surface area contributed by atoms with Gasteiger partial charge in [-0.05, 0) is 94.6 Å². The third-order valence-electron chi connectivity index (χ3n) is 14.8. The van der Waals surface area contributed by atoms with Gasteiger partial charge in [-0.25, -0.2) is 0 Å². The fraction of sp³-hybridized carbons (Fsp3) is 0.600. The topological polar surface area (TPSA) is 124 Å². The van der Waals surface area contributed by atoms with Crippen LogP contribution in [0.3, 0.4) is 0 Å². The molecule has 0 spiro atoms. The van der Waals surface area contributed by atoms with E-state index in [0.29, 0.717) is 25.7 Å². The number of piperidine rings is 1. The molecule has 4 saturated heterocycles. The maximum atomic E-state index is 14.9. The van der Waals surface area contributed by atoms with Gasteiger partial charge < -0.3 is 5.32 Å². The molecule has 10 heteroatoms. The Morgan fingerprint density at radius 3 is 1.65 bits per heavy atom. The third kappa shape index (κ3) is 7.91. The van der Waals surface area contributed by atoms with Gasteiger partial charge in [0.2, 0.25) is 35.4 Å². The molecule has 6 amide bonds. The standard InChI is InChI=1S/C50H66N4O6/c1-45(2)25-34(26-46(3,4)30-45)53-38(55)22-31(41(53)57)24-50(10,33-20-16-13-17-21-33)40-36(42(58)52(11)44(40)60)29-49(9,32-18-14-12-15-19-32)37-23-39(56)54(43(37)59)35-27-47(5,6)51-48(7,8)28-35/h12-22,30-31,34-37,40,51H,23-29H2,1-11H3. The van der Waals surface area contributed by atoms with E-state index in [1.165, 1.54) is 28.2 Å². The number of likely N-dealkylation sites (tertiary alicyclic amines) is 3. The first kappa shape index (κ1) is 43.9. The Morgan fingerprint density at radius 2 is 1.12 bits per heavy atom. The van der Waals surface area contributed by atoms with Crippen molar-refractivity contribution in [3.63, 3.8) is 0 Å². The van der Waals surface area contributed by atoms with Crippen LogP contribution in [0.5, 0.6) is 0 Å². The van der Waals surface area contributed by atoms with E-state index in [0.717, 1.165) is 11.1 Å². The number of hydrogen-bond acceptors (Lipinski definition) is 7. The van der Waals surface area contributed by atoms with Gasteiger partial charge in [0.1, 0.15) is 0 Å². The smallest absolute Gasteiger partial charge is 0.234 e. The molecule has 1 N–H and O–H groups in total. The third-order valence-corrected chi connectivity index (χ3v) is 14.8. The highest BCUT2D eigenvalue weighted by Crippen LogP contribution is 2.54. The minimum Gasteiger partial charge on any atom is -0.307 e. The van der Waals surface area contributed by atoms with Crippen LogP contribution in [0.25, 0.3) is 0 Å². The van der Waals surface area contributed by atoms with Gasteiger partial charge in [0.15, 0.2) is 0 Å². The van der Waals surface area contributed by atoms with Crippen LogP contribution in [0.15, 0.2) is 60.7 Å². The van der Waals surface area contributed by atoms with Crippen LogP contribution < -0.4 is 5.32 Å². The van der Waals surface area contributed by atoms with E-state index < -0.39 is 34.5 Å². The van der Waals surface area contributed by atoms with Gasteiger partial charge in [-0.15, -0.1) is 0 Å². The van der Waals surface area contributed by atoms with E-state index in [-0.39, 0.29) is 88.7 Å². The van der Waals surface area contributed by atoms with Gasteiger partial charge in [-0.1, -0.05) is 102 Å². The highest BCUT2D eigenvalue weighted by molar-refractivity contribution is 6.10. The summed E-state index contributed by atoms with van der Waals surface area (Å²) in [5.74, 6) is -5.16. The molecular weight excluding hydrogens is 753 g/mol. The first-order valence-corrected chi connectivity index (χ1v) is 21.9. The van der Waals surface area contributed by atoms with Crippen molar-refractivity contribution >= 4 is 35.4 Å². The monoisotopic (exact) mass is 818 g/mol. The van der Waals surface area contributed by atoms with Crippen LogP contribution >= 0.6 is 0 Å². The summed E-state index contributed by atoms with van der Waals surface area (Å²) in [6.45, 7) is 20.9. The number of nitrogens with one attached hydrogen (secondary N) is 1. The highest BCUT2D eigenvalue weighted by atomic mass is 16.2. The zero-order chi connectivity index (χ0) is 44.0. The van der Waals surface area contributed by atoms with Crippen molar-refractivity contribution in [2.45, 2.75) is 148 Å². The molecule has 7 rings (SSSR count). The summed E-state index contributed by atoms with van der Waals surface area (Å²) in [4.78, 5) is 91.1. The van der Waals surface area contributed by atoms with Gasteiger partial charge >= 0.3 is 0 Å². The molecule has 322 valence electrons. The Labute approximate surface area is 357 Å². The predicted octanol–water partition coefficient (Wildman–Crippen LogP) is 7.21. The lowest BCUT2D eigenvalue weighted by Gasteiger charge is -2.48. The summed E-state index contributed by atoms with van der Waals surface area (Å²) in [5.41, 5.74) is -1.45. The summed E-state index contributed by atoms with van der Waals surface area (Å²) in [6, 6.07) is 18.6. The van der Waals surface area contributed by atoms with Gasteiger partial charge in [0.25, 0.3) is 0 Å². The number of imide groups is 3. The summed E-state index contributed by atoms with van der Waals surface area (Å²) >= 11 is 0. The molecular formula is C50H66N4O6. The predicted molar refractivity (Wildman–Crippen MR) is 230 cm³/mol. The Hall–Kier alpha value is -4.18. The lowest BCUT2D eigenvalue weighted by molar-refractivity contribution is -0.146. The Balaban J connectivity index is 1.26. The van der Waals surface area contributed by atoms with Gasteiger partial charge in [0.05, 0.1) is 30.1 Å². The molecule has 2 radical (unpaired) electrons. The van der Waals surface area contributed by atoms with Crippen molar-refractivity contribution in [3.8, 4) is 0 Å². The largest absolute Gasteiger partial charge is 0.307 e. The number of benzene rings is 2. The quantitative estimate of drug-likeness (QED) is 0.252. The van der Waals surface area contributed by atoms with Crippen LogP contribution in [0.2, 0.25) is 0 Å². The molecule has 0 aromatic heterocycles. The minimum absolute atomic E-state index is 0.00362. The van der Waals surface area contributed by atoms with Crippen LogP contribution in [0.1, 0.15) is 125 Å². The van der Waals surface area contributed by atoms with Crippen molar-refractivity contribution in [1.29, 1.82) is 0 Å². The number of nitrogens with zero attached hydrogens (tertiary/aromatic N) is 3. The fourth-order valence-electron chi connectivity index (χ4n) is 13.0. The Morgan fingerprint density at radius 1 is 0.617 bits per heavy atom. The molecule has 6 atom stereocenters. The number of amides is 6. The van der Waals surface area contributed by atoms with Crippen molar-refractivity contribution in [2.75, 3.05) is 7.05 Å². The second-order valence-corrected chi connectivity index (χ2v) is 22.1. The maximum Gasteiger partial charge on any atom is 0.234 e. The molecule has 4 heterocycles. The van der Waals surface area contributed by atoms with Crippen molar-refractivity contribution in [2.24, 2.45) is 34.5 Å². The summed E-state index contributed by atoms with van der Waals surface area (Å²) in [7, 11) is 1.51. The maximum absolute atomic E-state index is 14.9. The van der Waals surface area contributed by atoms with Gasteiger partial charge in [0, 0.05) is 47.5 Å². The highest BCUT2D eigenvalue weighted by Gasteiger charge is 2.61. The lowest BCUT2D eigenvalue weighted by Crippen LogP contribution is -2.63. The van der Waals surface area contributed by atoms with Crippen molar-refractivity contribution < 1.29 is 28.8 Å². The average Bonchev–Trinajstić information content (AvgIpc) is 3.67. The number of rotatable bonds is 10. The molecule has 2 aromatic rings. The summed E-state index contributed by atoms with van der Waals surface area (Å²) in [5, 5.41) is 3.66. The molecule has 1 saturated carbocycles. The zero-order valence-electron chi connectivity index (χ0n) is 37.6. The summed E-state index contributed by atoms with van der Waals surface area (Å²) < 4.78 is 0. The van der Waals surface area contributed by atoms with Gasteiger partial charge in [-0.3, -0.25) is 43.5 Å². The van der Waals surface area contributed by atoms with E-state index in [1.54, 1.807) is 0 Å². The van der Waals surface area contributed by atoms with Gasteiger partial charge in [-0.2, -0.15) is 0 Å². The minimum atomic E-state index is -1.08. The number of carbonyl (C=O) groups is 6. The summed E-state index contributed by atoms with van der Waals surface area (Å²) in [6.07, 6.45) is 6.66. The van der Waals surface area contributed by atoms with Crippen molar-refractivity contribution in [3.05, 3.63) is 84.6 Å². The Kier molecular flexibility index (Phi) is 11.0. The average molecular weight is 819 g/mol. The van der Waals surface area contributed by atoms with Crippen LogP contribution in [-0.2, 0) is 39.6 Å². The molecule has 5 fully saturated rings. The van der Waals surface area contributed by atoms with E-state index >= 15 is 0 Å². The number of carbonyl (C=O) groups excluding carboxylic acids is 6. The molecule has 4 aliphatic heterocycles. The van der Waals surface area contributed by atoms with E-state index in [1.807, 2.05) is 74.5 Å². The van der Waals surface area contributed by atoms with Crippen LogP contribution in [-0.4, -0.2) is 80.4 Å². The first-order valence-electron chi connectivity index (χ1n) is 21.9. The van der Waals surface area contributed by atoms with Crippen LogP contribution in [0.4, 0.5) is 0 Å². The van der Waals surface area contributed by atoms with Crippen molar-refractivity contribution in [1.82, 2.24) is 20.0 Å². The molecule has 6 unspecified atom stereocenters. The van der Waals surface area contributed by atoms with E-state index in [2.05, 4.69) is 67.1 Å². The zero-order valence-corrected chi connectivity index (χ0v) is 37.6. The normalized spacial score (nSPS) is 30.3.